The number of hydrogen-bond donors (Lipinski definition) is 0. The van der Waals surface area contributed by atoms with Crippen LogP contribution in [-0.4, -0.2) is 40.0 Å². The second kappa shape index (κ2) is 36.8. The molecule has 1 aromatic carbocycles. The number of benzene rings is 1. The maximum Gasteiger partial charge on any atom is 2.00 e. The molecule has 64 heavy (non-hydrogen) atoms. The second-order valence-electron chi connectivity index (χ2n) is 14.2. The van der Waals surface area contributed by atoms with E-state index >= 15 is 0 Å². The molecule has 5 rings (SSSR count). The Morgan fingerprint density at radius 1 is 0.547 bits per heavy atom. The number of carbonyl (C=O) groups excluding carboxylic acids is 2. The third kappa shape index (κ3) is 23.2. The molecule has 0 saturated heterocycles. The molecule has 0 atom stereocenters. The summed E-state index contributed by atoms with van der Waals surface area (Å²) >= 11 is 7.40. The van der Waals surface area contributed by atoms with Crippen molar-refractivity contribution in [3.8, 4) is 39.4 Å². The summed E-state index contributed by atoms with van der Waals surface area (Å²) in [5.74, 6) is 3.40. The van der Waals surface area contributed by atoms with Crippen molar-refractivity contribution in [1.29, 1.82) is 10.5 Å². The van der Waals surface area contributed by atoms with Gasteiger partial charge in [0, 0.05) is 42.6 Å². The molecule has 340 valence electrons. The van der Waals surface area contributed by atoms with E-state index in [2.05, 4.69) is 90.4 Å². The molecular formula is C49H59N7O5RuS2. The number of thiocyanates is 2. The quantitative estimate of drug-likeness (QED) is 0.0178. The number of hydrogen-bond acceptors (Lipinski definition) is 14. The number of nitriles is 2. The molecule has 0 bridgehead atoms. The Labute approximate surface area is 403 Å². The standard InChI is InChI=1S/C35H51N3O.C12H8N2O4.2CHNS.Ru/c1-4-6-8-10-12-14-16-18-30-24-26-36-34(28-30)38(32-20-22-33(39-3)23-21-32)35-29-31(25-27-37-35)19-17-15-13-11-9-7-5-2;15-7-17-9-1-3-13-11(5-9)12-6-10(18-8-16)2-4-14-12;2*2-1-3;/h20-29H,4-19H2,1-3H3;1-8H;2*3H;/q;;;;+2/p-2. The first kappa shape index (κ1) is 56.4. The summed E-state index contributed by atoms with van der Waals surface area (Å²) in [6, 6.07) is 23.2. The number of aromatic nitrogens is 4. The minimum Gasteiger partial charge on any atom is -0.696 e. The number of aryl methyl sites for hydroxylation is 2. The number of rotatable bonds is 25. The Balaban J connectivity index is 0.000000678. The molecular weight excluding hydrogens is 932 g/mol. The number of anilines is 3. The van der Waals surface area contributed by atoms with E-state index in [1.165, 1.54) is 124 Å². The zero-order chi connectivity index (χ0) is 45.8. The van der Waals surface area contributed by atoms with Gasteiger partial charge in [0.1, 0.15) is 28.9 Å². The van der Waals surface area contributed by atoms with Gasteiger partial charge >= 0.3 is 19.5 Å². The Bertz CT molecular complexity index is 1980. The van der Waals surface area contributed by atoms with Gasteiger partial charge in [-0.25, -0.2) is 20.5 Å². The van der Waals surface area contributed by atoms with Gasteiger partial charge in [-0.1, -0.05) is 102 Å². The van der Waals surface area contributed by atoms with Crippen LogP contribution in [0.1, 0.15) is 115 Å². The van der Waals surface area contributed by atoms with Crippen LogP contribution in [0, 0.1) is 21.3 Å². The number of ether oxygens (including phenoxy) is 3. The van der Waals surface area contributed by atoms with Crippen molar-refractivity contribution in [3.63, 3.8) is 0 Å². The van der Waals surface area contributed by atoms with Gasteiger partial charge < -0.3 is 39.5 Å². The van der Waals surface area contributed by atoms with Crippen molar-refractivity contribution in [2.45, 2.75) is 117 Å². The van der Waals surface area contributed by atoms with Crippen molar-refractivity contribution >= 4 is 55.5 Å². The summed E-state index contributed by atoms with van der Waals surface area (Å²) < 4.78 is 14.8. The van der Waals surface area contributed by atoms with Crippen LogP contribution < -0.4 is 19.1 Å². The molecule has 4 heterocycles. The van der Waals surface area contributed by atoms with E-state index in [1.54, 1.807) is 31.4 Å². The Morgan fingerprint density at radius 2 is 0.922 bits per heavy atom. The van der Waals surface area contributed by atoms with Crippen LogP contribution in [-0.2, 0) is 67.2 Å². The normalized spacial score (nSPS) is 9.64. The number of nitrogens with zero attached hydrogens (tertiary/aromatic N) is 7. The van der Waals surface area contributed by atoms with Crippen LogP contribution in [0.25, 0.3) is 11.4 Å². The number of carbonyl (C=O) groups is 2. The average Bonchev–Trinajstić information content (AvgIpc) is 3.30. The van der Waals surface area contributed by atoms with Crippen LogP contribution >= 0.6 is 0 Å². The summed E-state index contributed by atoms with van der Waals surface area (Å²) in [6.07, 6.45) is 27.6. The Kier molecular flexibility index (Phi) is 32.5. The van der Waals surface area contributed by atoms with Crippen LogP contribution in [0.5, 0.6) is 17.2 Å². The van der Waals surface area contributed by atoms with Crippen molar-refractivity contribution in [1.82, 2.24) is 19.9 Å². The van der Waals surface area contributed by atoms with Gasteiger partial charge in [0.05, 0.1) is 18.5 Å². The first-order chi connectivity index (χ1) is 30.9. The van der Waals surface area contributed by atoms with E-state index in [-0.39, 0.29) is 19.5 Å². The van der Waals surface area contributed by atoms with Crippen LogP contribution in [0.2, 0.25) is 0 Å². The van der Waals surface area contributed by atoms with Gasteiger partial charge in [-0.05, 0) is 97.5 Å². The molecule has 5 aromatic rings. The zero-order valence-corrected chi connectivity index (χ0v) is 40.4. The Morgan fingerprint density at radius 3 is 1.30 bits per heavy atom. The molecule has 0 aliphatic heterocycles. The molecule has 0 aliphatic carbocycles. The second-order valence-corrected chi connectivity index (χ2v) is 14.6. The van der Waals surface area contributed by atoms with Gasteiger partial charge in [-0.15, -0.1) is 0 Å². The summed E-state index contributed by atoms with van der Waals surface area (Å²) in [5, 5.41) is 16.9. The van der Waals surface area contributed by atoms with Gasteiger partial charge in [0.2, 0.25) is 0 Å². The van der Waals surface area contributed by atoms with E-state index < -0.39 is 0 Å². The summed E-state index contributed by atoms with van der Waals surface area (Å²) in [7, 11) is 1.70. The molecule has 0 spiro atoms. The third-order valence-electron chi connectivity index (χ3n) is 9.64. The molecule has 0 fully saturated rings. The van der Waals surface area contributed by atoms with Crippen LogP contribution in [0.15, 0.2) is 97.6 Å². The van der Waals surface area contributed by atoms with Crippen LogP contribution in [0.3, 0.4) is 0 Å². The molecule has 0 amide bonds. The SMILES string of the molecule is CCCCCCCCCc1ccnc(N(c2ccc(OC)cc2)c2cc(CCCCCCCCC)ccn2)c1.N#C[S-].N#C[S-].O=COc1ccnc(-c2cc(OC=O)ccn2)c1.[Ru+2]. The summed E-state index contributed by atoms with van der Waals surface area (Å²) in [4.78, 5) is 40.5. The van der Waals surface area contributed by atoms with E-state index in [4.69, 9.17) is 34.7 Å². The van der Waals surface area contributed by atoms with Crippen molar-refractivity contribution < 1.29 is 43.3 Å². The van der Waals surface area contributed by atoms with Gasteiger partial charge in [0.15, 0.2) is 0 Å². The fraction of sp³-hybridized carbons (Fsp3) is 0.388. The van der Waals surface area contributed by atoms with E-state index in [9.17, 15) is 9.59 Å². The minimum atomic E-state index is 0. The van der Waals surface area contributed by atoms with E-state index in [0.717, 1.165) is 35.9 Å². The number of unbranched alkanes of at least 4 members (excludes halogenated alkanes) is 12. The first-order valence-electron chi connectivity index (χ1n) is 21.4. The maximum absolute atomic E-state index is 10.2. The van der Waals surface area contributed by atoms with Crippen molar-refractivity contribution in [2.75, 3.05) is 12.0 Å². The topological polar surface area (TPSA) is 164 Å². The smallest absolute Gasteiger partial charge is 0.696 e. The molecule has 0 N–H and O–H groups in total. The number of pyridine rings is 4. The molecule has 0 unspecified atom stereocenters. The molecule has 0 radical (unpaired) electrons. The molecule has 0 saturated carbocycles. The molecule has 12 nitrogen and oxygen atoms in total. The Hall–Kier alpha value is -5.60. The fourth-order valence-electron chi connectivity index (χ4n) is 6.52. The van der Waals surface area contributed by atoms with Crippen molar-refractivity contribution in [2.24, 2.45) is 0 Å². The first-order valence-corrected chi connectivity index (χ1v) is 22.2. The molecule has 0 aliphatic rings. The minimum absolute atomic E-state index is 0. The van der Waals surface area contributed by atoms with Crippen molar-refractivity contribution in [3.05, 3.63) is 109 Å². The molecule has 4 aromatic heterocycles. The maximum atomic E-state index is 10.2. The van der Waals surface area contributed by atoms with E-state index in [0.29, 0.717) is 35.8 Å². The predicted molar refractivity (Wildman–Crippen MR) is 253 cm³/mol. The van der Waals surface area contributed by atoms with Gasteiger partial charge in [-0.3, -0.25) is 24.5 Å². The summed E-state index contributed by atoms with van der Waals surface area (Å²) in [6.45, 7) is 5.22. The monoisotopic (exact) mass is 991 g/mol. The largest absolute Gasteiger partial charge is 2.00 e. The van der Waals surface area contributed by atoms with E-state index in [1.807, 2.05) is 24.5 Å². The van der Waals surface area contributed by atoms with Gasteiger partial charge in [-0.2, -0.15) is 0 Å². The fourth-order valence-corrected chi connectivity index (χ4v) is 6.52. The predicted octanol–water partition coefficient (Wildman–Crippen LogP) is 11.8. The third-order valence-corrected chi connectivity index (χ3v) is 9.64. The average molecular weight is 991 g/mol. The summed E-state index contributed by atoms with van der Waals surface area (Å²) in [5.41, 5.74) is 4.73. The molecule has 15 heteroatoms. The zero-order valence-electron chi connectivity index (χ0n) is 37.0. The van der Waals surface area contributed by atoms with Gasteiger partial charge in [0.25, 0.3) is 12.9 Å². The number of methoxy groups -OCH3 is 1. The van der Waals surface area contributed by atoms with Crippen LogP contribution in [0.4, 0.5) is 17.3 Å².